The third kappa shape index (κ3) is 3.21. The Labute approximate surface area is 116 Å². The van der Waals surface area contributed by atoms with Crippen LogP contribution < -0.4 is 9.62 Å². The van der Waals surface area contributed by atoms with E-state index >= 15 is 0 Å². The standard InChI is InChI=1S/C12H13FN4O2S/c1-17(2)12-14-7-10(8-15-12)16-20(18,19)11-5-3-4-9(13)6-11/h3-8,16H,1-2H3. The third-order valence-corrected chi connectivity index (χ3v) is 3.78. The van der Waals surface area contributed by atoms with E-state index in [2.05, 4.69) is 14.7 Å². The summed E-state index contributed by atoms with van der Waals surface area (Å²) >= 11 is 0. The number of anilines is 2. The number of rotatable bonds is 4. The zero-order valence-corrected chi connectivity index (χ0v) is 11.7. The van der Waals surface area contributed by atoms with Gasteiger partial charge >= 0.3 is 0 Å². The van der Waals surface area contributed by atoms with Gasteiger partial charge in [0.2, 0.25) is 5.95 Å². The maximum atomic E-state index is 13.1. The van der Waals surface area contributed by atoms with Crippen molar-refractivity contribution in [1.82, 2.24) is 9.97 Å². The van der Waals surface area contributed by atoms with Crippen molar-refractivity contribution in [2.24, 2.45) is 0 Å². The van der Waals surface area contributed by atoms with Gasteiger partial charge < -0.3 is 4.90 Å². The van der Waals surface area contributed by atoms with Crippen molar-refractivity contribution < 1.29 is 12.8 Å². The minimum absolute atomic E-state index is 0.158. The molecule has 0 radical (unpaired) electrons. The van der Waals surface area contributed by atoms with Gasteiger partial charge in [-0.2, -0.15) is 0 Å². The molecule has 1 N–H and O–H groups in total. The van der Waals surface area contributed by atoms with Gasteiger partial charge in [-0.3, -0.25) is 4.72 Å². The summed E-state index contributed by atoms with van der Waals surface area (Å²) in [7, 11) is -0.313. The molecule has 20 heavy (non-hydrogen) atoms. The second-order valence-electron chi connectivity index (χ2n) is 4.23. The van der Waals surface area contributed by atoms with Gasteiger partial charge in [0.15, 0.2) is 0 Å². The van der Waals surface area contributed by atoms with Gasteiger partial charge in [0, 0.05) is 14.1 Å². The number of benzene rings is 1. The number of nitrogens with one attached hydrogen (secondary N) is 1. The lowest BCUT2D eigenvalue weighted by atomic mass is 10.4. The first kappa shape index (κ1) is 14.2. The van der Waals surface area contributed by atoms with E-state index in [-0.39, 0.29) is 10.6 Å². The van der Waals surface area contributed by atoms with Gasteiger partial charge in [0.1, 0.15) is 5.82 Å². The van der Waals surface area contributed by atoms with Crippen molar-refractivity contribution in [1.29, 1.82) is 0 Å². The summed E-state index contributed by atoms with van der Waals surface area (Å²) in [5.41, 5.74) is 0.208. The Morgan fingerprint density at radius 3 is 2.40 bits per heavy atom. The van der Waals surface area contributed by atoms with Gasteiger partial charge in [-0.05, 0) is 18.2 Å². The monoisotopic (exact) mass is 296 g/mol. The van der Waals surface area contributed by atoms with E-state index in [0.29, 0.717) is 5.95 Å². The number of nitrogens with zero attached hydrogens (tertiary/aromatic N) is 3. The molecule has 0 aliphatic carbocycles. The van der Waals surface area contributed by atoms with Crippen LogP contribution in [0.5, 0.6) is 0 Å². The van der Waals surface area contributed by atoms with Crippen molar-refractivity contribution in [2.75, 3.05) is 23.7 Å². The first-order valence-corrected chi connectivity index (χ1v) is 7.14. The predicted octanol–water partition coefficient (Wildman–Crippen LogP) is 1.48. The lowest BCUT2D eigenvalue weighted by Crippen LogP contribution is -2.15. The first-order valence-electron chi connectivity index (χ1n) is 5.66. The van der Waals surface area contributed by atoms with Crippen molar-refractivity contribution in [3.05, 3.63) is 42.5 Å². The molecule has 0 aliphatic heterocycles. The van der Waals surface area contributed by atoms with Crippen LogP contribution in [0.15, 0.2) is 41.6 Å². The van der Waals surface area contributed by atoms with E-state index in [1.165, 1.54) is 30.6 Å². The number of halogens is 1. The second-order valence-corrected chi connectivity index (χ2v) is 5.91. The van der Waals surface area contributed by atoms with Crippen LogP contribution in [-0.2, 0) is 10.0 Å². The van der Waals surface area contributed by atoms with Gasteiger partial charge in [-0.15, -0.1) is 0 Å². The first-order chi connectivity index (χ1) is 9.38. The summed E-state index contributed by atoms with van der Waals surface area (Å²) < 4.78 is 39.4. The van der Waals surface area contributed by atoms with Crippen molar-refractivity contribution >= 4 is 21.7 Å². The molecule has 0 bridgehead atoms. The quantitative estimate of drug-likeness (QED) is 0.925. The van der Waals surface area contributed by atoms with Gasteiger partial charge in [0.05, 0.1) is 23.0 Å². The van der Waals surface area contributed by atoms with Crippen molar-refractivity contribution in [3.8, 4) is 0 Å². The zero-order chi connectivity index (χ0) is 14.8. The third-order valence-electron chi connectivity index (χ3n) is 2.40. The molecule has 1 aromatic carbocycles. The van der Waals surface area contributed by atoms with Crippen LogP contribution in [0.25, 0.3) is 0 Å². The molecule has 2 rings (SSSR count). The summed E-state index contributed by atoms with van der Waals surface area (Å²) in [5.74, 6) is -0.161. The molecule has 8 heteroatoms. The summed E-state index contributed by atoms with van der Waals surface area (Å²) in [4.78, 5) is 9.50. The van der Waals surface area contributed by atoms with E-state index in [1.54, 1.807) is 19.0 Å². The second kappa shape index (κ2) is 5.41. The largest absolute Gasteiger partial charge is 0.347 e. The van der Waals surface area contributed by atoms with Crippen LogP contribution in [0, 0.1) is 5.82 Å². The highest BCUT2D eigenvalue weighted by molar-refractivity contribution is 7.92. The summed E-state index contributed by atoms with van der Waals surface area (Å²) in [6.45, 7) is 0. The normalized spacial score (nSPS) is 11.2. The fraction of sp³-hybridized carbons (Fsp3) is 0.167. The highest BCUT2D eigenvalue weighted by Gasteiger charge is 2.15. The average Bonchev–Trinajstić information content (AvgIpc) is 2.39. The van der Waals surface area contributed by atoms with E-state index < -0.39 is 15.8 Å². The lowest BCUT2D eigenvalue weighted by molar-refractivity contribution is 0.595. The molecule has 0 spiro atoms. The molecule has 0 unspecified atom stereocenters. The van der Waals surface area contributed by atoms with Crippen LogP contribution >= 0.6 is 0 Å². The highest BCUT2D eigenvalue weighted by atomic mass is 32.2. The molecule has 106 valence electrons. The van der Waals surface area contributed by atoms with E-state index in [9.17, 15) is 12.8 Å². The maximum absolute atomic E-state index is 13.1. The molecule has 0 fully saturated rings. The van der Waals surface area contributed by atoms with E-state index in [0.717, 1.165) is 6.07 Å². The number of hydrogen-bond acceptors (Lipinski definition) is 5. The fourth-order valence-corrected chi connectivity index (χ4v) is 2.51. The van der Waals surface area contributed by atoms with E-state index in [4.69, 9.17) is 0 Å². The molecule has 0 saturated heterocycles. The van der Waals surface area contributed by atoms with Gasteiger partial charge in [-0.1, -0.05) is 6.07 Å². The Morgan fingerprint density at radius 2 is 1.85 bits per heavy atom. The number of sulfonamides is 1. The molecule has 0 amide bonds. The topological polar surface area (TPSA) is 75.2 Å². The van der Waals surface area contributed by atoms with Crippen LogP contribution in [0.3, 0.4) is 0 Å². The van der Waals surface area contributed by atoms with Gasteiger partial charge in [-0.25, -0.2) is 22.8 Å². The predicted molar refractivity (Wildman–Crippen MR) is 73.6 cm³/mol. The minimum Gasteiger partial charge on any atom is -0.347 e. The maximum Gasteiger partial charge on any atom is 0.262 e. The Morgan fingerprint density at radius 1 is 1.20 bits per heavy atom. The molecule has 1 aromatic heterocycles. The van der Waals surface area contributed by atoms with Crippen LogP contribution in [0.1, 0.15) is 0 Å². The van der Waals surface area contributed by atoms with Crippen molar-refractivity contribution in [2.45, 2.75) is 4.90 Å². The molecular weight excluding hydrogens is 283 g/mol. The molecular formula is C12H13FN4O2S. The Balaban J connectivity index is 2.24. The molecule has 6 nitrogen and oxygen atoms in total. The summed E-state index contributed by atoms with van der Waals surface area (Å²) in [5, 5.41) is 0. The molecule has 0 aliphatic rings. The molecule has 1 heterocycles. The molecule has 0 saturated carbocycles. The van der Waals surface area contributed by atoms with E-state index in [1.807, 2.05) is 0 Å². The smallest absolute Gasteiger partial charge is 0.262 e. The van der Waals surface area contributed by atoms with Crippen LogP contribution in [-0.4, -0.2) is 32.5 Å². The van der Waals surface area contributed by atoms with Crippen LogP contribution in [0.2, 0.25) is 0 Å². The number of hydrogen-bond donors (Lipinski definition) is 1. The average molecular weight is 296 g/mol. The van der Waals surface area contributed by atoms with Crippen LogP contribution in [0.4, 0.5) is 16.0 Å². The lowest BCUT2D eigenvalue weighted by Gasteiger charge is -2.11. The summed E-state index contributed by atoms with van der Waals surface area (Å²) in [6.07, 6.45) is 2.69. The Hall–Kier alpha value is -2.22. The SMILES string of the molecule is CN(C)c1ncc(NS(=O)(=O)c2cccc(F)c2)cn1. The van der Waals surface area contributed by atoms with Gasteiger partial charge in [0.25, 0.3) is 10.0 Å². The molecule has 0 atom stereocenters. The Kier molecular flexibility index (Phi) is 3.84. The molecule has 2 aromatic rings. The minimum atomic E-state index is -3.85. The number of aromatic nitrogens is 2. The van der Waals surface area contributed by atoms with Crippen molar-refractivity contribution in [3.63, 3.8) is 0 Å². The summed E-state index contributed by atoms with van der Waals surface area (Å²) in [6, 6.07) is 4.75. The Bertz CT molecular complexity index is 702. The highest BCUT2D eigenvalue weighted by Crippen LogP contribution is 2.16. The fourth-order valence-electron chi connectivity index (χ4n) is 1.45. The zero-order valence-electron chi connectivity index (χ0n) is 10.9.